The molecule has 2 rings (SSSR count). The Hall–Kier alpha value is -1.67. The van der Waals surface area contributed by atoms with E-state index < -0.39 is 12.0 Å². The lowest BCUT2D eigenvalue weighted by atomic mass is 10.2. The number of carbonyl (C=O) groups is 2. The number of carboxylic acid groups (broad SMARTS) is 1. The summed E-state index contributed by atoms with van der Waals surface area (Å²) in [6.07, 6.45) is 2.10. The first-order valence-corrected chi connectivity index (χ1v) is 7.36. The topological polar surface area (TPSA) is 109 Å². The molecule has 0 radical (unpaired) electrons. The summed E-state index contributed by atoms with van der Waals surface area (Å²) < 4.78 is 0. The maximum absolute atomic E-state index is 12.1. The lowest BCUT2D eigenvalue weighted by Crippen LogP contribution is -2.39. The van der Waals surface area contributed by atoms with Gasteiger partial charge in [0.15, 0.2) is 5.13 Å². The van der Waals surface area contributed by atoms with E-state index in [1.165, 1.54) is 11.3 Å². The van der Waals surface area contributed by atoms with Crippen molar-refractivity contribution in [3.8, 4) is 0 Å². The van der Waals surface area contributed by atoms with Crippen molar-refractivity contribution in [3.63, 3.8) is 0 Å². The number of nitrogens with two attached hydrogens (primary N) is 1. The molecule has 2 unspecified atom stereocenters. The number of thiazole rings is 1. The number of carboxylic acids is 1. The van der Waals surface area contributed by atoms with Crippen LogP contribution in [0.15, 0.2) is 5.38 Å². The molecule has 1 saturated heterocycles. The third-order valence-electron chi connectivity index (χ3n) is 3.23. The van der Waals surface area contributed by atoms with Gasteiger partial charge in [-0.2, -0.15) is 0 Å². The maximum atomic E-state index is 12.1. The van der Waals surface area contributed by atoms with Crippen molar-refractivity contribution < 1.29 is 14.7 Å². The van der Waals surface area contributed by atoms with E-state index in [-0.39, 0.29) is 11.9 Å². The fourth-order valence-electron chi connectivity index (χ4n) is 2.08. The third kappa shape index (κ3) is 3.26. The summed E-state index contributed by atoms with van der Waals surface area (Å²) in [7, 11) is 0. The van der Waals surface area contributed by atoms with Crippen LogP contribution in [0.5, 0.6) is 0 Å². The minimum Gasteiger partial charge on any atom is -0.480 e. The summed E-state index contributed by atoms with van der Waals surface area (Å²) in [5, 5.41) is 13.9. The van der Waals surface area contributed by atoms with Gasteiger partial charge in [-0.3, -0.25) is 9.59 Å². The van der Waals surface area contributed by atoms with Crippen molar-refractivity contribution in [2.24, 2.45) is 5.73 Å². The van der Waals surface area contributed by atoms with E-state index in [1.807, 2.05) is 4.90 Å². The summed E-state index contributed by atoms with van der Waals surface area (Å²) in [4.78, 5) is 28.8. The van der Waals surface area contributed by atoms with Gasteiger partial charge in [0.2, 0.25) is 5.91 Å². The van der Waals surface area contributed by atoms with Crippen molar-refractivity contribution in [3.05, 3.63) is 11.1 Å². The smallest absolute Gasteiger partial charge is 0.326 e. The summed E-state index contributed by atoms with van der Waals surface area (Å²) in [6, 6.07) is -1.51. The summed E-state index contributed by atoms with van der Waals surface area (Å²) in [6.45, 7) is 3.38. The predicted molar refractivity (Wildman–Crippen MR) is 75.6 cm³/mol. The van der Waals surface area contributed by atoms with Gasteiger partial charge in [0, 0.05) is 18.5 Å². The van der Waals surface area contributed by atoms with E-state index in [0.717, 1.165) is 25.9 Å². The van der Waals surface area contributed by atoms with Crippen LogP contribution in [0.25, 0.3) is 0 Å². The zero-order chi connectivity index (χ0) is 14.7. The number of rotatable bonds is 5. The van der Waals surface area contributed by atoms with Gasteiger partial charge in [-0.25, -0.2) is 4.98 Å². The molecule has 1 fully saturated rings. The molecule has 1 aromatic rings. The number of hydrogen-bond donors (Lipinski definition) is 3. The minimum atomic E-state index is -1.13. The highest BCUT2D eigenvalue weighted by molar-refractivity contribution is 7.13. The van der Waals surface area contributed by atoms with Gasteiger partial charge in [0.1, 0.15) is 12.1 Å². The van der Waals surface area contributed by atoms with Crippen LogP contribution in [-0.4, -0.2) is 46.0 Å². The average molecular weight is 298 g/mol. The van der Waals surface area contributed by atoms with E-state index in [4.69, 9.17) is 10.8 Å². The maximum Gasteiger partial charge on any atom is 0.326 e. The molecule has 1 amide bonds. The second kappa shape index (κ2) is 6.19. The molecule has 20 heavy (non-hydrogen) atoms. The Balaban J connectivity index is 1.95. The first-order valence-electron chi connectivity index (χ1n) is 6.48. The lowest BCUT2D eigenvalue weighted by molar-refractivity contribution is -0.138. The van der Waals surface area contributed by atoms with Gasteiger partial charge < -0.3 is 21.1 Å². The minimum absolute atomic E-state index is 0.0433. The Morgan fingerprint density at radius 3 is 2.75 bits per heavy atom. The molecule has 1 aromatic heterocycles. The first-order chi connectivity index (χ1) is 9.49. The summed E-state index contributed by atoms with van der Waals surface area (Å²) in [5.74, 6) is -1.08. The normalized spacial score (nSPS) is 17.8. The molecule has 0 aliphatic carbocycles. The number of aliphatic carboxylic acids is 1. The highest BCUT2D eigenvalue weighted by Crippen LogP contribution is 2.21. The van der Waals surface area contributed by atoms with Crippen molar-refractivity contribution in [1.29, 1.82) is 0 Å². The van der Waals surface area contributed by atoms with Crippen LogP contribution >= 0.6 is 11.3 Å². The van der Waals surface area contributed by atoms with Gasteiger partial charge in [-0.05, 0) is 19.8 Å². The van der Waals surface area contributed by atoms with Crippen molar-refractivity contribution in [2.45, 2.75) is 31.8 Å². The Morgan fingerprint density at radius 2 is 2.15 bits per heavy atom. The van der Waals surface area contributed by atoms with E-state index >= 15 is 0 Å². The SMILES string of the molecule is CC(Nc1nc(C(N)C(=O)O)cs1)C(=O)N1CCCC1. The summed E-state index contributed by atoms with van der Waals surface area (Å²) >= 11 is 1.25. The van der Waals surface area contributed by atoms with Crippen LogP contribution < -0.4 is 11.1 Å². The second-order valence-electron chi connectivity index (χ2n) is 4.79. The zero-order valence-electron chi connectivity index (χ0n) is 11.2. The van der Waals surface area contributed by atoms with Crippen LogP contribution in [0, 0.1) is 0 Å². The van der Waals surface area contributed by atoms with Crippen molar-refractivity contribution >= 4 is 28.3 Å². The molecule has 2 heterocycles. The molecule has 0 bridgehead atoms. The number of anilines is 1. The molecule has 8 heteroatoms. The van der Waals surface area contributed by atoms with Crippen LogP contribution in [0.3, 0.4) is 0 Å². The molecule has 2 atom stereocenters. The Morgan fingerprint density at radius 1 is 1.50 bits per heavy atom. The lowest BCUT2D eigenvalue weighted by Gasteiger charge is -2.20. The number of hydrogen-bond acceptors (Lipinski definition) is 6. The standard InChI is InChI=1S/C12H18N4O3S/c1-7(10(17)16-4-2-3-5-16)14-12-15-8(6-20-12)9(13)11(18)19/h6-7,9H,2-5,13H2,1H3,(H,14,15)(H,18,19). The molecule has 1 aliphatic heterocycles. The van der Waals surface area contributed by atoms with Gasteiger partial charge in [0.25, 0.3) is 0 Å². The van der Waals surface area contributed by atoms with Crippen LogP contribution in [0.4, 0.5) is 5.13 Å². The third-order valence-corrected chi connectivity index (χ3v) is 4.03. The number of nitrogens with one attached hydrogen (secondary N) is 1. The number of carbonyl (C=O) groups excluding carboxylic acids is 1. The van der Waals surface area contributed by atoms with E-state index in [1.54, 1.807) is 12.3 Å². The van der Waals surface area contributed by atoms with Gasteiger partial charge in [-0.1, -0.05) is 0 Å². The molecular formula is C12H18N4O3S. The van der Waals surface area contributed by atoms with E-state index in [2.05, 4.69) is 10.3 Å². The number of amides is 1. The highest BCUT2D eigenvalue weighted by Gasteiger charge is 2.24. The van der Waals surface area contributed by atoms with Crippen molar-refractivity contribution in [2.75, 3.05) is 18.4 Å². The molecule has 0 saturated carbocycles. The number of likely N-dealkylation sites (tertiary alicyclic amines) is 1. The molecule has 0 spiro atoms. The van der Waals surface area contributed by atoms with Crippen LogP contribution in [0.2, 0.25) is 0 Å². The Bertz CT molecular complexity index is 499. The Labute approximate surface area is 120 Å². The number of aromatic nitrogens is 1. The van der Waals surface area contributed by atoms with E-state index in [0.29, 0.717) is 10.8 Å². The monoisotopic (exact) mass is 298 g/mol. The van der Waals surface area contributed by atoms with Crippen LogP contribution in [-0.2, 0) is 9.59 Å². The fourth-order valence-corrected chi connectivity index (χ4v) is 2.91. The highest BCUT2D eigenvalue weighted by atomic mass is 32.1. The quantitative estimate of drug-likeness (QED) is 0.736. The molecule has 4 N–H and O–H groups in total. The Kier molecular flexibility index (Phi) is 4.56. The molecule has 1 aliphatic rings. The van der Waals surface area contributed by atoms with Crippen molar-refractivity contribution in [1.82, 2.24) is 9.88 Å². The molecule has 7 nitrogen and oxygen atoms in total. The fraction of sp³-hybridized carbons (Fsp3) is 0.583. The van der Waals surface area contributed by atoms with Gasteiger partial charge in [-0.15, -0.1) is 11.3 Å². The summed E-state index contributed by atoms with van der Waals surface area (Å²) in [5.41, 5.74) is 5.78. The van der Waals surface area contributed by atoms with Gasteiger partial charge >= 0.3 is 5.97 Å². The second-order valence-corrected chi connectivity index (χ2v) is 5.65. The average Bonchev–Trinajstić information content (AvgIpc) is 3.07. The first kappa shape index (κ1) is 14.7. The van der Waals surface area contributed by atoms with E-state index in [9.17, 15) is 9.59 Å². The molecule has 0 aromatic carbocycles. The van der Waals surface area contributed by atoms with Gasteiger partial charge in [0.05, 0.1) is 5.69 Å². The largest absolute Gasteiger partial charge is 0.480 e. The molecular weight excluding hydrogens is 280 g/mol. The zero-order valence-corrected chi connectivity index (χ0v) is 12.0. The van der Waals surface area contributed by atoms with Crippen LogP contribution in [0.1, 0.15) is 31.5 Å². The number of nitrogens with zero attached hydrogens (tertiary/aromatic N) is 2. The molecule has 110 valence electrons. The predicted octanol–water partition coefficient (Wildman–Crippen LogP) is 0.650.